The minimum atomic E-state index is -0.276. The number of halogens is 1. The molecule has 0 saturated carbocycles. The number of rotatable bonds is 5. The molecule has 0 atom stereocenters. The van der Waals surface area contributed by atoms with Gasteiger partial charge in [-0.1, -0.05) is 6.07 Å². The van der Waals surface area contributed by atoms with Crippen LogP contribution in [0.15, 0.2) is 23.2 Å². The average molecular weight is 504 g/mol. The Morgan fingerprint density at radius 3 is 2.50 bits per heavy atom. The summed E-state index contributed by atoms with van der Waals surface area (Å²) in [6.07, 6.45) is 0.0266. The number of hydrogen-bond acceptors (Lipinski definition) is 5. The maximum absolute atomic E-state index is 12.0. The number of amides is 2. The number of ether oxygens (including phenoxy) is 1. The summed E-state index contributed by atoms with van der Waals surface area (Å²) < 4.78 is 5.02. The van der Waals surface area contributed by atoms with E-state index in [1.807, 2.05) is 19.1 Å². The molecule has 1 aromatic rings. The molecular formula is C18H29IN6O3. The van der Waals surface area contributed by atoms with E-state index in [1.54, 1.807) is 24.9 Å². The predicted molar refractivity (Wildman–Crippen MR) is 119 cm³/mol. The summed E-state index contributed by atoms with van der Waals surface area (Å²) in [5.41, 5.74) is 0.855. The Labute approximate surface area is 182 Å². The molecule has 0 aliphatic carbocycles. The van der Waals surface area contributed by atoms with Crippen LogP contribution in [0.5, 0.6) is 0 Å². The fourth-order valence-electron chi connectivity index (χ4n) is 2.75. The fraction of sp³-hybridized carbons (Fsp3) is 0.556. The zero-order valence-electron chi connectivity index (χ0n) is 16.6. The highest BCUT2D eigenvalue weighted by Gasteiger charge is 2.23. The first kappa shape index (κ1) is 23.9. The second-order valence-electron chi connectivity index (χ2n) is 6.11. The van der Waals surface area contributed by atoms with Gasteiger partial charge in [-0.05, 0) is 26.0 Å². The van der Waals surface area contributed by atoms with Crippen molar-refractivity contribution >= 4 is 47.8 Å². The third-order valence-electron chi connectivity index (χ3n) is 4.11. The van der Waals surface area contributed by atoms with Crippen molar-refractivity contribution in [2.45, 2.75) is 20.3 Å². The van der Waals surface area contributed by atoms with Gasteiger partial charge >= 0.3 is 6.09 Å². The maximum Gasteiger partial charge on any atom is 0.409 e. The first-order chi connectivity index (χ1) is 13.0. The van der Waals surface area contributed by atoms with Gasteiger partial charge in [0.2, 0.25) is 5.91 Å². The zero-order valence-corrected chi connectivity index (χ0v) is 18.9. The molecule has 1 aliphatic heterocycles. The Hall–Kier alpha value is -2.11. The monoisotopic (exact) mass is 504 g/mol. The van der Waals surface area contributed by atoms with Gasteiger partial charge in [-0.25, -0.2) is 9.78 Å². The molecule has 0 bridgehead atoms. The molecule has 156 valence electrons. The second-order valence-corrected chi connectivity index (χ2v) is 6.11. The molecule has 28 heavy (non-hydrogen) atoms. The molecule has 1 aliphatic rings. The lowest BCUT2D eigenvalue weighted by Crippen LogP contribution is -2.54. The minimum Gasteiger partial charge on any atom is -0.450 e. The lowest BCUT2D eigenvalue weighted by molar-refractivity contribution is -0.116. The van der Waals surface area contributed by atoms with Crippen molar-refractivity contribution in [2.24, 2.45) is 4.99 Å². The van der Waals surface area contributed by atoms with Crippen molar-refractivity contribution < 1.29 is 14.3 Å². The van der Waals surface area contributed by atoms with Gasteiger partial charge in [-0.2, -0.15) is 0 Å². The van der Waals surface area contributed by atoms with Crippen LogP contribution in [0.4, 0.5) is 10.6 Å². The number of carbonyl (C=O) groups is 2. The lowest BCUT2D eigenvalue weighted by atomic mass is 10.3. The summed E-state index contributed by atoms with van der Waals surface area (Å²) in [5, 5.41) is 5.98. The molecule has 2 rings (SSSR count). The van der Waals surface area contributed by atoms with Gasteiger partial charge in [0.15, 0.2) is 5.96 Å². The van der Waals surface area contributed by atoms with E-state index in [0.29, 0.717) is 51.6 Å². The van der Waals surface area contributed by atoms with Crippen LogP contribution in [0.25, 0.3) is 0 Å². The van der Waals surface area contributed by atoms with E-state index in [1.165, 1.54) is 0 Å². The van der Waals surface area contributed by atoms with Gasteiger partial charge in [0.05, 0.1) is 6.61 Å². The van der Waals surface area contributed by atoms with Crippen LogP contribution in [-0.4, -0.2) is 79.1 Å². The molecular weight excluding hydrogens is 475 g/mol. The van der Waals surface area contributed by atoms with Crippen LogP contribution >= 0.6 is 24.0 Å². The first-order valence-corrected chi connectivity index (χ1v) is 9.14. The first-order valence-electron chi connectivity index (χ1n) is 9.14. The van der Waals surface area contributed by atoms with Crippen LogP contribution in [0.2, 0.25) is 0 Å². The predicted octanol–water partition coefficient (Wildman–Crippen LogP) is 1.69. The maximum atomic E-state index is 12.0. The number of piperazine rings is 1. The molecule has 9 nitrogen and oxygen atoms in total. The standard InChI is InChI=1S/C18H28N6O3.HI/c1-4-27-18(26)24-12-10-23(11-13-24)17(19-3)20-9-8-16(25)22-15-7-5-6-14(2)21-15;/h5-7H,4,8-13H2,1-3H3,(H,19,20)(H,21,22,25);1H. The van der Waals surface area contributed by atoms with Gasteiger partial charge in [-0.15, -0.1) is 24.0 Å². The highest BCUT2D eigenvalue weighted by atomic mass is 127. The number of pyridine rings is 1. The summed E-state index contributed by atoms with van der Waals surface area (Å²) in [6, 6.07) is 5.50. The largest absolute Gasteiger partial charge is 0.450 e. The number of anilines is 1. The molecule has 0 radical (unpaired) electrons. The number of nitrogens with one attached hydrogen (secondary N) is 2. The SMILES string of the molecule is CCOC(=O)N1CCN(C(=NC)NCCC(=O)Nc2cccc(C)n2)CC1.I. The van der Waals surface area contributed by atoms with Gasteiger partial charge in [0.1, 0.15) is 5.82 Å². The molecule has 1 aromatic heterocycles. The summed E-state index contributed by atoms with van der Waals surface area (Å²) in [4.78, 5) is 36.1. The number of aryl methyl sites for hydroxylation is 1. The van der Waals surface area contributed by atoms with E-state index in [4.69, 9.17) is 4.74 Å². The number of aliphatic imine (C=N–C) groups is 1. The van der Waals surface area contributed by atoms with Crippen molar-refractivity contribution in [1.29, 1.82) is 0 Å². The van der Waals surface area contributed by atoms with Crippen molar-refractivity contribution in [2.75, 3.05) is 51.7 Å². The number of aromatic nitrogens is 1. The zero-order chi connectivity index (χ0) is 19.6. The molecule has 10 heteroatoms. The number of guanidine groups is 1. The molecule has 2 heterocycles. The summed E-state index contributed by atoms with van der Waals surface area (Å²) >= 11 is 0. The summed E-state index contributed by atoms with van der Waals surface area (Å²) in [5.74, 6) is 1.17. The van der Waals surface area contributed by atoms with E-state index in [-0.39, 0.29) is 36.0 Å². The van der Waals surface area contributed by atoms with Crippen LogP contribution < -0.4 is 10.6 Å². The molecule has 0 aromatic carbocycles. The number of hydrogen-bond donors (Lipinski definition) is 2. The minimum absolute atomic E-state index is 0. The third kappa shape index (κ3) is 7.49. The third-order valence-corrected chi connectivity index (χ3v) is 4.11. The second kappa shape index (κ2) is 12.4. The van der Waals surface area contributed by atoms with Gasteiger partial charge in [0, 0.05) is 51.9 Å². The van der Waals surface area contributed by atoms with Crippen molar-refractivity contribution in [3.63, 3.8) is 0 Å². The van der Waals surface area contributed by atoms with E-state index in [0.717, 1.165) is 11.7 Å². The Balaban J connectivity index is 0.00000392. The Kier molecular flexibility index (Phi) is 10.6. The van der Waals surface area contributed by atoms with Crippen LogP contribution in [0.3, 0.4) is 0 Å². The van der Waals surface area contributed by atoms with Crippen LogP contribution in [0, 0.1) is 6.92 Å². The molecule has 2 N–H and O–H groups in total. The number of carbonyl (C=O) groups excluding carboxylic acids is 2. The van der Waals surface area contributed by atoms with Gasteiger partial charge < -0.3 is 25.2 Å². The Bertz CT molecular complexity index is 677. The Morgan fingerprint density at radius 2 is 1.89 bits per heavy atom. The average Bonchev–Trinajstić information content (AvgIpc) is 2.66. The molecule has 1 saturated heterocycles. The lowest BCUT2D eigenvalue weighted by Gasteiger charge is -2.35. The topological polar surface area (TPSA) is 99.2 Å². The normalized spacial score (nSPS) is 14.2. The molecule has 1 fully saturated rings. The van der Waals surface area contributed by atoms with Crippen LogP contribution in [0.1, 0.15) is 19.0 Å². The van der Waals surface area contributed by atoms with Crippen molar-refractivity contribution in [3.8, 4) is 0 Å². The van der Waals surface area contributed by atoms with Crippen LogP contribution in [-0.2, 0) is 9.53 Å². The molecule has 2 amide bonds. The summed E-state index contributed by atoms with van der Waals surface area (Å²) in [6.45, 7) is 7.01. The van der Waals surface area contributed by atoms with Crippen molar-refractivity contribution in [3.05, 3.63) is 23.9 Å². The van der Waals surface area contributed by atoms with E-state index >= 15 is 0 Å². The van der Waals surface area contributed by atoms with E-state index in [9.17, 15) is 9.59 Å². The smallest absolute Gasteiger partial charge is 0.409 e. The highest BCUT2D eigenvalue weighted by molar-refractivity contribution is 14.0. The van der Waals surface area contributed by atoms with Gasteiger partial charge in [0.25, 0.3) is 0 Å². The van der Waals surface area contributed by atoms with Crippen molar-refractivity contribution in [1.82, 2.24) is 20.1 Å². The van der Waals surface area contributed by atoms with E-state index < -0.39 is 0 Å². The molecule has 0 spiro atoms. The van der Waals surface area contributed by atoms with E-state index in [2.05, 4.69) is 25.5 Å². The van der Waals surface area contributed by atoms with Gasteiger partial charge in [-0.3, -0.25) is 9.79 Å². The number of nitrogens with zero attached hydrogens (tertiary/aromatic N) is 4. The highest BCUT2D eigenvalue weighted by Crippen LogP contribution is 2.05. The summed E-state index contributed by atoms with van der Waals surface area (Å²) in [7, 11) is 1.71. The quantitative estimate of drug-likeness (QED) is 0.360. The fourth-order valence-corrected chi connectivity index (χ4v) is 2.75. The Morgan fingerprint density at radius 1 is 1.21 bits per heavy atom. The molecule has 0 unspecified atom stereocenters.